The predicted octanol–water partition coefficient (Wildman–Crippen LogP) is 17.2. The summed E-state index contributed by atoms with van der Waals surface area (Å²) >= 11 is 0. The maximum atomic E-state index is 2.47. The van der Waals surface area contributed by atoms with Gasteiger partial charge >= 0.3 is 0 Å². The molecule has 0 bridgehead atoms. The summed E-state index contributed by atoms with van der Waals surface area (Å²) in [7, 11) is 0. The van der Waals surface area contributed by atoms with Crippen LogP contribution in [0.4, 0.5) is 17.1 Å². The number of benzene rings is 10. The molecule has 0 unspecified atom stereocenters. The lowest BCUT2D eigenvalue weighted by Crippen LogP contribution is -2.17. The van der Waals surface area contributed by atoms with Gasteiger partial charge in [0.15, 0.2) is 0 Å². The zero-order chi connectivity index (χ0) is 43.5. The van der Waals surface area contributed by atoms with Crippen LogP contribution in [0.1, 0.15) is 25.0 Å². The fourth-order valence-corrected chi connectivity index (χ4v) is 10.3. The van der Waals surface area contributed by atoms with Gasteiger partial charge in [0.05, 0.1) is 16.7 Å². The highest BCUT2D eigenvalue weighted by Crippen LogP contribution is 2.52. The topological polar surface area (TPSA) is 8.17 Å². The molecule has 2 nitrogen and oxygen atoms in total. The Morgan fingerprint density at radius 1 is 0.323 bits per heavy atom. The van der Waals surface area contributed by atoms with Crippen LogP contribution >= 0.6 is 0 Å². The van der Waals surface area contributed by atoms with Crippen molar-refractivity contribution in [3.05, 3.63) is 254 Å². The summed E-state index contributed by atoms with van der Waals surface area (Å²) in [5.41, 5.74) is 21.5. The van der Waals surface area contributed by atoms with Crippen molar-refractivity contribution in [3.8, 4) is 61.3 Å². The molecule has 1 aliphatic rings. The number of hydrogen-bond acceptors (Lipinski definition) is 1. The SMILES string of the molecule is CC1(C)c2cc(N(c3cccc(-c4cccc(-c5ccccc5)c4)c3)c3ccccc3-c3ccc(-c4ccccc4)cc3)ccc2-c2ccc(-n3c4ccccc4c4ccccc43)cc21. The lowest BCUT2D eigenvalue weighted by Gasteiger charge is -2.30. The minimum Gasteiger partial charge on any atom is -0.310 e. The molecule has 0 aliphatic heterocycles. The molecular formula is C63H46N2. The van der Waals surface area contributed by atoms with Gasteiger partial charge in [-0.1, -0.05) is 196 Å². The Bertz CT molecular complexity index is 3510. The highest BCUT2D eigenvalue weighted by Gasteiger charge is 2.37. The van der Waals surface area contributed by atoms with E-state index in [1.165, 1.54) is 94.3 Å². The molecule has 11 aromatic rings. The first kappa shape index (κ1) is 38.5. The predicted molar refractivity (Wildman–Crippen MR) is 275 cm³/mol. The Morgan fingerprint density at radius 3 is 1.49 bits per heavy atom. The Labute approximate surface area is 381 Å². The first-order chi connectivity index (χ1) is 32.0. The number of anilines is 3. The maximum Gasteiger partial charge on any atom is 0.0541 e. The van der Waals surface area contributed by atoms with Crippen LogP contribution in [0.2, 0.25) is 0 Å². The first-order valence-corrected chi connectivity index (χ1v) is 22.6. The molecule has 0 radical (unpaired) electrons. The minimum atomic E-state index is -0.256. The molecule has 0 amide bonds. The van der Waals surface area contributed by atoms with Gasteiger partial charge in [-0.2, -0.15) is 0 Å². The average Bonchev–Trinajstić information content (AvgIpc) is 3.82. The first-order valence-electron chi connectivity index (χ1n) is 22.6. The van der Waals surface area contributed by atoms with E-state index < -0.39 is 0 Å². The van der Waals surface area contributed by atoms with Crippen molar-refractivity contribution < 1.29 is 0 Å². The van der Waals surface area contributed by atoms with E-state index in [1.807, 2.05) is 0 Å². The maximum absolute atomic E-state index is 2.47. The molecule has 2 heteroatoms. The quantitative estimate of drug-likeness (QED) is 0.148. The zero-order valence-electron chi connectivity index (χ0n) is 36.5. The van der Waals surface area contributed by atoms with Crippen molar-refractivity contribution in [1.29, 1.82) is 0 Å². The van der Waals surface area contributed by atoms with Crippen LogP contribution in [-0.4, -0.2) is 4.57 Å². The van der Waals surface area contributed by atoms with Crippen LogP contribution in [0.15, 0.2) is 243 Å². The van der Waals surface area contributed by atoms with Crippen LogP contribution in [0.5, 0.6) is 0 Å². The molecule has 0 N–H and O–H groups in total. The number of para-hydroxylation sites is 3. The number of aromatic nitrogens is 1. The van der Waals surface area contributed by atoms with Crippen molar-refractivity contribution >= 4 is 38.9 Å². The summed E-state index contributed by atoms with van der Waals surface area (Å²) in [6, 6.07) is 88.8. The van der Waals surface area contributed by atoms with Crippen molar-refractivity contribution in [1.82, 2.24) is 4.57 Å². The molecule has 0 saturated carbocycles. The lowest BCUT2D eigenvalue weighted by atomic mass is 9.82. The molecule has 0 fully saturated rings. The van der Waals surface area contributed by atoms with E-state index in [0.29, 0.717) is 0 Å². The van der Waals surface area contributed by atoms with Crippen molar-refractivity contribution in [2.75, 3.05) is 4.90 Å². The molecule has 12 rings (SSSR count). The van der Waals surface area contributed by atoms with Gasteiger partial charge in [-0.25, -0.2) is 0 Å². The van der Waals surface area contributed by atoms with Gasteiger partial charge < -0.3 is 9.47 Å². The minimum absolute atomic E-state index is 0.256. The largest absolute Gasteiger partial charge is 0.310 e. The normalized spacial score (nSPS) is 12.6. The number of nitrogens with zero attached hydrogens (tertiary/aromatic N) is 2. The molecule has 0 spiro atoms. The average molecular weight is 831 g/mol. The van der Waals surface area contributed by atoms with Crippen molar-refractivity contribution in [2.45, 2.75) is 19.3 Å². The summed E-state index contributed by atoms with van der Waals surface area (Å²) in [6.07, 6.45) is 0. The molecule has 1 heterocycles. The Hall–Kier alpha value is -8.20. The number of hydrogen-bond donors (Lipinski definition) is 0. The second-order valence-corrected chi connectivity index (χ2v) is 17.7. The third-order valence-corrected chi connectivity index (χ3v) is 13.6. The van der Waals surface area contributed by atoms with Crippen LogP contribution in [0, 0.1) is 0 Å². The van der Waals surface area contributed by atoms with Crippen LogP contribution in [-0.2, 0) is 5.41 Å². The monoisotopic (exact) mass is 830 g/mol. The molecule has 65 heavy (non-hydrogen) atoms. The molecule has 0 atom stereocenters. The van der Waals surface area contributed by atoms with Gasteiger partial charge in [0.2, 0.25) is 0 Å². The molecular weight excluding hydrogens is 785 g/mol. The Morgan fingerprint density at radius 2 is 0.800 bits per heavy atom. The van der Waals surface area contributed by atoms with Gasteiger partial charge in [-0.15, -0.1) is 0 Å². The molecule has 308 valence electrons. The third kappa shape index (κ3) is 6.57. The van der Waals surface area contributed by atoms with E-state index in [1.54, 1.807) is 0 Å². The molecule has 10 aromatic carbocycles. The Kier molecular flexibility index (Phi) is 9.21. The Balaban J connectivity index is 0.996. The van der Waals surface area contributed by atoms with E-state index in [0.717, 1.165) is 17.1 Å². The molecule has 0 saturated heterocycles. The lowest BCUT2D eigenvalue weighted by molar-refractivity contribution is 0.660. The second kappa shape index (κ2) is 15.6. The number of rotatable bonds is 8. The fourth-order valence-electron chi connectivity index (χ4n) is 10.3. The van der Waals surface area contributed by atoms with Gasteiger partial charge in [-0.3, -0.25) is 0 Å². The second-order valence-electron chi connectivity index (χ2n) is 17.7. The van der Waals surface area contributed by atoms with Crippen molar-refractivity contribution in [2.24, 2.45) is 0 Å². The summed E-state index contributed by atoms with van der Waals surface area (Å²) in [4.78, 5) is 2.47. The van der Waals surface area contributed by atoms with Gasteiger partial charge in [-0.05, 0) is 122 Å². The van der Waals surface area contributed by atoms with E-state index in [2.05, 4.69) is 266 Å². The fraction of sp³-hybridized carbons (Fsp3) is 0.0476. The standard InChI is InChI=1S/C63H46N2/c1-63(2)58-41-51(35-37-54(58)55-38-36-52(42-59(55)63)65-61-29-13-10-26-56(61)57-27-11-14-30-62(57)65)64(50-24-16-23-49(40-50)48-22-15-21-47(39-48)44-19-7-4-8-20-44)60-28-12-9-25-53(60)46-33-31-45(32-34-46)43-17-5-3-6-18-43/h3-42H,1-2H3. The van der Waals surface area contributed by atoms with E-state index in [9.17, 15) is 0 Å². The smallest absolute Gasteiger partial charge is 0.0541 e. The van der Waals surface area contributed by atoms with Crippen LogP contribution in [0.3, 0.4) is 0 Å². The van der Waals surface area contributed by atoms with Crippen molar-refractivity contribution in [3.63, 3.8) is 0 Å². The highest BCUT2D eigenvalue weighted by molar-refractivity contribution is 6.09. The van der Waals surface area contributed by atoms with Gasteiger partial charge in [0.1, 0.15) is 0 Å². The summed E-state index contributed by atoms with van der Waals surface area (Å²) < 4.78 is 2.43. The van der Waals surface area contributed by atoms with Crippen LogP contribution in [0.25, 0.3) is 83.1 Å². The highest BCUT2D eigenvalue weighted by atomic mass is 15.1. The molecule has 1 aliphatic carbocycles. The van der Waals surface area contributed by atoms with E-state index in [4.69, 9.17) is 0 Å². The summed E-state index contributed by atoms with van der Waals surface area (Å²) in [5, 5.41) is 2.55. The number of fused-ring (bicyclic) bond motifs is 6. The summed E-state index contributed by atoms with van der Waals surface area (Å²) in [5.74, 6) is 0. The van der Waals surface area contributed by atoms with E-state index >= 15 is 0 Å². The summed E-state index contributed by atoms with van der Waals surface area (Å²) in [6.45, 7) is 4.79. The third-order valence-electron chi connectivity index (χ3n) is 13.6. The van der Waals surface area contributed by atoms with Crippen LogP contribution < -0.4 is 4.90 Å². The van der Waals surface area contributed by atoms with Gasteiger partial charge in [0.25, 0.3) is 0 Å². The zero-order valence-corrected chi connectivity index (χ0v) is 36.5. The molecule has 1 aromatic heterocycles. The van der Waals surface area contributed by atoms with Gasteiger partial charge in [0, 0.05) is 38.8 Å². The van der Waals surface area contributed by atoms with E-state index in [-0.39, 0.29) is 5.41 Å².